The Bertz CT molecular complexity index is 160. The first-order valence-corrected chi connectivity index (χ1v) is 3.31. The first-order chi connectivity index (χ1) is 4.93. The summed E-state index contributed by atoms with van der Waals surface area (Å²) in [7, 11) is 1.70. The molecule has 3 heteroatoms. The lowest BCUT2D eigenvalue weighted by Crippen LogP contribution is -1.91. The van der Waals surface area contributed by atoms with Crippen molar-refractivity contribution in [3.8, 4) is 0 Å². The first-order valence-electron chi connectivity index (χ1n) is 3.31. The van der Waals surface area contributed by atoms with Gasteiger partial charge >= 0.3 is 0 Å². The summed E-state index contributed by atoms with van der Waals surface area (Å²) in [5.41, 5.74) is 0.997. The fraction of sp³-hybridized carbons (Fsp3) is 0.571. The molecule has 0 amide bonds. The molecule has 0 aliphatic heterocycles. The SMILES string of the molecule is COCCCc1ccon1. The highest BCUT2D eigenvalue weighted by atomic mass is 16.5. The molecule has 0 spiro atoms. The molecule has 1 aromatic rings. The molecule has 3 nitrogen and oxygen atoms in total. The van der Waals surface area contributed by atoms with E-state index in [2.05, 4.69) is 9.68 Å². The van der Waals surface area contributed by atoms with E-state index in [1.807, 2.05) is 6.07 Å². The van der Waals surface area contributed by atoms with Gasteiger partial charge in [0.15, 0.2) is 0 Å². The Morgan fingerprint density at radius 1 is 1.70 bits per heavy atom. The number of rotatable bonds is 4. The number of nitrogens with zero attached hydrogens (tertiary/aromatic N) is 1. The molecule has 0 saturated heterocycles. The van der Waals surface area contributed by atoms with Gasteiger partial charge in [-0.05, 0) is 12.8 Å². The fourth-order valence-electron chi connectivity index (χ4n) is 0.764. The van der Waals surface area contributed by atoms with Crippen molar-refractivity contribution < 1.29 is 9.26 Å². The molecule has 0 fully saturated rings. The van der Waals surface area contributed by atoms with Gasteiger partial charge in [-0.25, -0.2) is 0 Å². The van der Waals surface area contributed by atoms with Gasteiger partial charge in [-0.3, -0.25) is 0 Å². The molecule has 0 aromatic carbocycles. The van der Waals surface area contributed by atoms with Crippen LogP contribution in [0.3, 0.4) is 0 Å². The second-order valence-electron chi connectivity index (χ2n) is 2.09. The quantitative estimate of drug-likeness (QED) is 0.592. The van der Waals surface area contributed by atoms with Crippen LogP contribution in [0.25, 0.3) is 0 Å². The van der Waals surface area contributed by atoms with Crippen molar-refractivity contribution in [3.63, 3.8) is 0 Å². The van der Waals surface area contributed by atoms with Gasteiger partial charge in [0, 0.05) is 19.8 Å². The third-order valence-electron chi connectivity index (χ3n) is 1.27. The standard InChI is InChI=1S/C7H11NO2/c1-9-5-2-3-7-4-6-10-8-7/h4,6H,2-3,5H2,1H3. The van der Waals surface area contributed by atoms with E-state index in [-0.39, 0.29) is 0 Å². The van der Waals surface area contributed by atoms with Gasteiger partial charge in [0.05, 0.1) is 5.69 Å². The number of hydrogen-bond donors (Lipinski definition) is 0. The molecule has 0 aliphatic carbocycles. The zero-order valence-electron chi connectivity index (χ0n) is 6.04. The lowest BCUT2D eigenvalue weighted by Gasteiger charge is -1.93. The Hall–Kier alpha value is -0.830. The normalized spacial score (nSPS) is 10.1. The van der Waals surface area contributed by atoms with E-state index in [0.717, 1.165) is 25.1 Å². The number of hydrogen-bond acceptors (Lipinski definition) is 3. The van der Waals surface area contributed by atoms with Crippen LogP contribution in [0.4, 0.5) is 0 Å². The van der Waals surface area contributed by atoms with Gasteiger partial charge in [-0.15, -0.1) is 0 Å². The van der Waals surface area contributed by atoms with Gasteiger partial charge in [-0.1, -0.05) is 5.16 Å². The van der Waals surface area contributed by atoms with Crippen molar-refractivity contribution in [1.82, 2.24) is 5.16 Å². The summed E-state index contributed by atoms with van der Waals surface area (Å²) in [5.74, 6) is 0. The molecule has 0 unspecified atom stereocenters. The summed E-state index contributed by atoms with van der Waals surface area (Å²) in [5, 5.41) is 3.76. The van der Waals surface area contributed by atoms with Crippen LogP contribution in [0.15, 0.2) is 16.9 Å². The maximum Gasteiger partial charge on any atom is 0.124 e. The number of aryl methyl sites for hydroxylation is 1. The predicted molar refractivity (Wildman–Crippen MR) is 36.7 cm³/mol. The molecule has 0 bridgehead atoms. The Balaban J connectivity index is 2.15. The van der Waals surface area contributed by atoms with E-state index in [9.17, 15) is 0 Å². The molecule has 1 rings (SSSR count). The van der Waals surface area contributed by atoms with Crippen LogP contribution in [0.2, 0.25) is 0 Å². The van der Waals surface area contributed by atoms with Gasteiger partial charge < -0.3 is 9.26 Å². The highest BCUT2D eigenvalue weighted by Gasteiger charge is 1.94. The van der Waals surface area contributed by atoms with Crippen LogP contribution in [-0.4, -0.2) is 18.9 Å². The summed E-state index contributed by atoms with van der Waals surface area (Å²) >= 11 is 0. The van der Waals surface area contributed by atoms with Crippen LogP contribution in [0, 0.1) is 0 Å². The van der Waals surface area contributed by atoms with Crippen LogP contribution in [0.1, 0.15) is 12.1 Å². The molecule has 1 heterocycles. The van der Waals surface area contributed by atoms with E-state index in [4.69, 9.17) is 4.74 Å². The second-order valence-corrected chi connectivity index (χ2v) is 2.09. The second kappa shape index (κ2) is 4.06. The minimum atomic E-state index is 0.785. The van der Waals surface area contributed by atoms with Crippen molar-refractivity contribution in [2.24, 2.45) is 0 Å². The van der Waals surface area contributed by atoms with Crippen molar-refractivity contribution >= 4 is 0 Å². The number of ether oxygens (including phenoxy) is 1. The molecule has 1 aromatic heterocycles. The van der Waals surface area contributed by atoms with Crippen LogP contribution < -0.4 is 0 Å². The summed E-state index contributed by atoms with van der Waals surface area (Å²) in [6.07, 6.45) is 3.52. The monoisotopic (exact) mass is 141 g/mol. The van der Waals surface area contributed by atoms with Gasteiger partial charge in [0.1, 0.15) is 6.26 Å². The zero-order chi connectivity index (χ0) is 7.23. The van der Waals surface area contributed by atoms with Crippen molar-refractivity contribution in [2.45, 2.75) is 12.8 Å². The van der Waals surface area contributed by atoms with Gasteiger partial charge in [-0.2, -0.15) is 0 Å². The third-order valence-corrected chi connectivity index (χ3v) is 1.27. The Morgan fingerprint density at radius 2 is 2.60 bits per heavy atom. The maximum atomic E-state index is 4.88. The highest BCUT2D eigenvalue weighted by molar-refractivity contribution is 4.94. The largest absolute Gasteiger partial charge is 0.385 e. The van der Waals surface area contributed by atoms with Crippen LogP contribution in [-0.2, 0) is 11.2 Å². The average molecular weight is 141 g/mol. The minimum Gasteiger partial charge on any atom is -0.385 e. The van der Waals surface area contributed by atoms with E-state index in [1.54, 1.807) is 13.4 Å². The lowest BCUT2D eigenvalue weighted by atomic mass is 10.2. The van der Waals surface area contributed by atoms with Crippen LogP contribution >= 0.6 is 0 Å². The first kappa shape index (κ1) is 7.28. The third kappa shape index (κ3) is 2.19. The Kier molecular flexibility index (Phi) is 2.96. The number of aromatic nitrogens is 1. The fourth-order valence-corrected chi connectivity index (χ4v) is 0.764. The molecule has 56 valence electrons. The summed E-state index contributed by atoms with van der Waals surface area (Å²) in [6, 6.07) is 1.87. The van der Waals surface area contributed by atoms with Gasteiger partial charge in [0.25, 0.3) is 0 Å². The summed E-state index contributed by atoms with van der Waals surface area (Å²) < 4.78 is 9.54. The molecular weight excluding hydrogens is 130 g/mol. The maximum absolute atomic E-state index is 4.88. The number of methoxy groups -OCH3 is 1. The molecule has 0 radical (unpaired) electrons. The van der Waals surface area contributed by atoms with E-state index < -0.39 is 0 Å². The van der Waals surface area contributed by atoms with E-state index in [0.29, 0.717) is 0 Å². The van der Waals surface area contributed by atoms with Gasteiger partial charge in [0.2, 0.25) is 0 Å². The van der Waals surface area contributed by atoms with Crippen molar-refractivity contribution in [1.29, 1.82) is 0 Å². The van der Waals surface area contributed by atoms with Crippen LogP contribution in [0.5, 0.6) is 0 Å². The smallest absolute Gasteiger partial charge is 0.124 e. The predicted octanol–water partition coefficient (Wildman–Crippen LogP) is 1.25. The van der Waals surface area contributed by atoms with E-state index in [1.165, 1.54) is 0 Å². The van der Waals surface area contributed by atoms with E-state index >= 15 is 0 Å². The highest BCUT2D eigenvalue weighted by Crippen LogP contribution is 1.98. The zero-order valence-corrected chi connectivity index (χ0v) is 6.04. The molecule has 0 N–H and O–H groups in total. The Morgan fingerprint density at radius 3 is 3.20 bits per heavy atom. The molecule has 10 heavy (non-hydrogen) atoms. The van der Waals surface area contributed by atoms with Crippen molar-refractivity contribution in [3.05, 3.63) is 18.0 Å². The Labute approximate surface area is 60.0 Å². The molecular formula is C7H11NO2. The summed E-state index contributed by atoms with van der Waals surface area (Å²) in [6.45, 7) is 0.785. The average Bonchev–Trinajstić information content (AvgIpc) is 2.41. The lowest BCUT2D eigenvalue weighted by molar-refractivity contribution is 0.194. The topological polar surface area (TPSA) is 35.3 Å². The molecule has 0 atom stereocenters. The summed E-state index contributed by atoms with van der Waals surface area (Å²) in [4.78, 5) is 0. The molecule has 0 aliphatic rings. The molecule has 0 saturated carbocycles. The minimum absolute atomic E-state index is 0.785. The van der Waals surface area contributed by atoms with Crippen molar-refractivity contribution in [2.75, 3.05) is 13.7 Å².